The van der Waals surface area contributed by atoms with Crippen LogP contribution < -0.4 is 0 Å². The average Bonchev–Trinajstić information content (AvgIpc) is 2.28. The van der Waals surface area contributed by atoms with E-state index >= 15 is 0 Å². The van der Waals surface area contributed by atoms with Crippen molar-refractivity contribution in [1.82, 2.24) is 4.31 Å². The fourth-order valence-corrected chi connectivity index (χ4v) is 3.03. The first-order valence-electron chi connectivity index (χ1n) is 5.56. The van der Waals surface area contributed by atoms with E-state index in [9.17, 15) is 8.42 Å². The van der Waals surface area contributed by atoms with Crippen LogP contribution in [0.25, 0.3) is 0 Å². The minimum Gasteiger partial charge on any atom is -0.207 e. The summed E-state index contributed by atoms with van der Waals surface area (Å²) in [7, 11) is -0.149. The lowest BCUT2D eigenvalue weighted by Crippen LogP contribution is -2.22. The topological polar surface area (TPSA) is 37.4 Å². The molecule has 0 fully saturated rings. The van der Waals surface area contributed by atoms with Gasteiger partial charge in [-0.25, -0.2) is 12.7 Å². The summed E-state index contributed by atoms with van der Waals surface area (Å²) in [5.41, 5.74) is 2.51. The quantitative estimate of drug-likeness (QED) is 0.789. The van der Waals surface area contributed by atoms with E-state index in [-0.39, 0.29) is 0 Å². The molecule has 1 aliphatic rings. The van der Waals surface area contributed by atoms with E-state index in [0.717, 1.165) is 12.8 Å². The standard InChI is InChI=1S/C12H17NO2S/c1-13(2)16(14,15)12-8-7-10-5-3-4-6-11(10)9-12/h7-9H,3-6H2,1-2H3. The van der Waals surface area contributed by atoms with Gasteiger partial charge in [-0.05, 0) is 48.9 Å². The van der Waals surface area contributed by atoms with Crippen LogP contribution in [0.3, 0.4) is 0 Å². The number of nitrogens with zero attached hydrogens (tertiary/aromatic N) is 1. The Morgan fingerprint density at radius 3 is 2.31 bits per heavy atom. The molecule has 88 valence electrons. The van der Waals surface area contributed by atoms with E-state index < -0.39 is 10.0 Å². The molecule has 4 heteroatoms. The van der Waals surface area contributed by atoms with Gasteiger partial charge in [-0.15, -0.1) is 0 Å². The molecule has 1 aromatic carbocycles. The fraction of sp³-hybridized carbons (Fsp3) is 0.500. The third kappa shape index (κ3) is 1.99. The summed E-state index contributed by atoms with van der Waals surface area (Å²) in [5, 5.41) is 0. The number of hydrogen-bond donors (Lipinski definition) is 0. The molecule has 0 saturated carbocycles. The van der Waals surface area contributed by atoms with E-state index in [4.69, 9.17) is 0 Å². The van der Waals surface area contributed by atoms with Gasteiger partial charge >= 0.3 is 0 Å². The summed E-state index contributed by atoms with van der Waals surface area (Å²) in [6.07, 6.45) is 4.47. The molecule has 0 amide bonds. The van der Waals surface area contributed by atoms with Crippen LogP contribution in [0.5, 0.6) is 0 Å². The van der Waals surface area contributed by atoms with Crippen LogP contribution in [-0.2, 0) is 22.9 Å². The summed E-state index contributed by atoms with van der Waals surface area (Å²) in [5.74, 6) is 0. The second-order valence-corrected chi connectivity index (χ2v) is 6.58. The lowest BCUT2D eigenvalue weighted by Gasteiger charge is -2.18. The number of benzene rings is 1. The molecule has 1 aliphatic carbocycles. The molecule has 0 bridgehead atoms. The first-order valence-corrected chi connectivity index (χ1v) is 7.00. The highest BCUT2D eigenvalue weighted by Crippen LogP contribution is 2.24. The van der Waals surface area contributed by atoms with Gasteiger partial charge in [0.25, 0.3) is 0 Å². The first-order chi connectivity index (χ1) is 7.51. The molecule has 2 rings (SSSR count). The normalized spacial score (nSPS) is 16.2. The van der Waals surface area contributed by atoms with Gasteiger partial charge in [0.15, 0.2) is 0 Å². The molecule has 0 atom stereocenters. The van der Waals surface area contributed by atoms with Crippen LogP contribution in [0, 0.1) is 0 Å². The van der Waals surface area contributed by atoms with Crippen LogP contribution in [0.4, 0.5) is 0 Å². The highest BCUT2D eigenvalue weighted by Gasteiger charge is 2.19. The molecule has 0 heterocycles. The van der Waals surface area contributed by atoms with Crippen LogP contribution in [0.1, 0.15) is 24.0 Å². The third-order valence-electron chi connectivity index (χ3n) is 3.10. The van der Waals surface area contributed by atoms with Crippen molar-refractivity contribution in [3.05, 3.63) is 29.3 Å². The van der Waals surface area contributed by atoms with Crippen LogP contribution in [0.2, 0.25) is 0 Å². The van der Waals surface area contributed by atoms with Crippen LogP contribution >= 0.6 is 0 Å². The van der Waals surface area contributed by atoms with Gasteiger partial charge in [-0.3, -0.25) is 0 Å². The van der Waals surface area contributed by atoms with Crippen molar-refractivity contribution >= 4 is 10.0 Å². The second-order valence-electron chi connectivity index (χ2n) is 4.43. The zero-order valence-electron chi connectivity index (χ0n) is 9.73. The van der Waals surface area contributed by atoms with E-state index in [1.54, 1.807) is 20.2 Å². The molecule has 16 heavy (non-hydrogen) atoms. The van der Waals surface area contributed by atoms with Crippen molar-refractivity contribution in [1.29, 1.82) is 0 Å². The Kier molecular flexibility index (Phi) is 3.04. The average molecular weight is 239 g/mol. The lowest BCUT2D eigenvalue weighted by molar-refractivity contribution is 0.520. The van der Waals surface area contributed by atoms with Crippen LogP contribution in [0.15, 0.2) is 23.1 Å². The van der Waals surface area contributed by atoms with Crippen molar-refractivity contribution in [3.8, 4) is 0 Å². The van der Waals surface area contributed by atoms with Gasteiger partial charge < -0.3 is 0 Å². The highest BCUT2D eigenvalue weighted by atomic mass is 32.2. The summed E-state index contributed by atoms with van der Waals surface area (Å²) in [6, 6.07) is 5.52. The smallest absolute Gasteiger partial charge is 0.207 e. The molecular formula is C12H17NO2S. The van der Waals surface area contributed by atoms with Crippen molar-refractivity contribution in [2.24, 2.45) is 0 Å². The van der Waals surface area contributed by atoms with Crippen molar-refractivity contribution in [3.63, 3.8) is 0 Å². The number of aryl methyl sites for hydroxylation is 2. The fourth-order valence-electron chi connectivity index (χ4n) is 2.08. The SMILES string of the molecule is CN(C)S(=O)(=O)c1ccc2c(c1)CCCC2. The number of sulfonamides is 1. The monoisotopic (exact) mass is 239 g/mol. The molecule has 1 aromatic rings. The van der Waals surface area contributed by atoms with Crippen molar-refractivity contribution in [2.75, 3.05) is 14.1 Å². The van der Waals surface area contributed by atoms with Crippen molar-refractivity contribution in [2.45, 2.75) is 30.6 Å². The molecule has 3 nitrogen and oxygen atoms in total. The molecule has 0 aromatic heterocycles. The molecule has 0 spiro atoms. The maximum Gasteiger partial charge on any atom is 0.242 e. The summed E-state index contributed by atoms with van der Waals surface area (Å²) in [4.78, 5) is 0.415. The maximum absolute atomic E-state index is 11.9. The highest BCUT2D eigenvalue weighted by molar-refractivity contribution is 7.89. The Labute approximate surface area is 97.1 Å². The summed E-state index contributed by atoms with van der Waals surface area (Å²) < 4.78 is 25.1. The largest absolute Gasteiger partial charge is 0.242 e. The maximum atomic E-state index is 11.9. The minimum atomic E-state index is -3.28. The molecule has 0 unspecified atom stereocenters. The Morgan fingerprint density at radius 1 is 1.06 bits per heavy atom. The van der Waals surface area contributed by atoms with E-state index in [2.05, 4.69) is 0 Å². The number of rotatable bonds is 2. The second kappa shape index (κ2) is 4.18. The molecule has 0 radical (unpaired) electrons. The summed E-state index contributed by atoms with van der Waals surface area (Å²) in [6.45, 7) is 0. The lowest BCUT2D eigenvalue weighted by atomic mass is 9.92. The van der Waals surface area contributed by atoms with Gasteiger partial charge in [0.05, 0.1) is 4.90 Å². The molecule has 0 saturated heterocycles. The van der Waals surface area contributed by atoms with E-state index in [1.807, 2.05) is 12.1 Å². The van der Waals surface area contributed by atoms with Gasteiger partial charge in [-0.2, -0.15) is 0 Å². The zero-order chi connectivity index (χ0) is 11.8. The zero-order valence-corrected chi connectivity index (χ0v) is 10.5. The Bertz CT molecular complexity index is 492. The van der Waals surface area contributed by atoms with E-state index in [1.165, 1.54) is 28.3 Å². The third-order valence-corrected chi connectivity index (χ3v) is 4.91. The first kappa shape index (κ1) is 11.6. The number of hydrogen-bond acceptors (Lipinski definition) is 2. The molecule has 0 aliphatic heterocycles. The van der Waals surface area contributed by atoms with Crippen molar-refractivity contribution < 1.29 is 8.42 Å². The van der Waals surface area contributed by atoms with Gasteiger partial charge in [0, 0.05) is 14.1 Å². The van der Waals surface area contributed by atoms with Crippen LogP contribution in [-0.4, -0.2) is 26.8 Å². The minimum absolute atomic E-state index is 0.415. The van der Waals surface area contributed by atoms with Gasteiger partial charge in [0.2, 0.25) is 10.0 Å². The van der Waals surface area contributed by atoms with Gasteiger partial charge in [-0.1, -0.05) is 6.07 Å². The van der Waals surface area contributed by atoms with E-state index in [0.29, 0.717) is 4.90 Å². The predicted molar refractivity (Wildman–Crippen MR) is 64.0 cm³/mol. The Hall–Kier alpha value is -0.870. The predicted octanol–water partition coefficient (Wildman–Crippen LogP) is 1.82. The Balaban J connectivity index is 2.45. The van der Waals surface area contributed by atoms with Gasteiger partial charge in [0.1, 0.15) is 0 Å². The number of fused-ring (bicyclic) bond motifs is 1. The summed E-state index contributed by atoms with van der Waals surface area (Å²) >= 11 is 0. The Morgan fingerprint density at radius 2 is 1.69 bits per heavy atom. The molecular weight excluding hydrogens is 222 g/mol. The molecule has 0 N–H and O–H groups in total.